The minimum atomic E-state index is -3.58. The van der Waals surface area contributed by atoms with Gasteiger partial charge < -0.3 is 5.32 Å². The van der Waals surface area contributed by atoms with Crippen molar-refractivity contribution >= 4 is 19.9 Å². The minimum absolute atomic E-state index is 0.00984. The second kappa shape index (κ2) is 8.17. The summed E-state index contributed by atoms with van der Waals surface area (Å²) in [4.78, 5) is 0.210. The van der Waals surface area contributed by atoms with Gasteiger partial charge in [0.1, 0.15) is 4.90 Å². The van der Waals surface area contributed by atoms with E-state index in [1.807, 2.05) is 30.3 Å². The van der Waals surface area contributed by atoms with Crippen molar-refractivity contribution in [2.75, 3.05) is 24.6 Å². The molecule has 2 aromatic rings. The van der Waals surface area contributed by atoms with Gasteiger partial charge in [-0.15, -0.1) is 0 Å². The number of nitrogens with zero attached hydrogens (tertiary/aromatic N) is 3. The van der Waals surface area contributed by atoms with Crippen LogP contribution in [0.15, 0.2) is 47.6 Å². The molecule has 1 aromatic heterocycles. The average molecular weight is 439 g/mol. The Balaban J connectivity index is 1.34. The van der Waals surface area contributed by atoms with E-state index in [1.54, 1.807) is 10.9 Å². The number of sulfonamides is 1. The van der Waals surface area contributed by atoms with Crippen LogP contribution in [0.2, 0.25) is 0 Å². The van der Waals surface area contributed by atoms with Crippen molar-refractivity contribution in [3.8, 4) is 0 Å². The number of sulfone groups is 1. The molecule has 3 heterocycles. The van der Waals surface area contributed by atoms with Crippen molar-refractivity contribution in [2.45, 2.75) is 42.8 Å². The van der Waals surface area contributed by atoms with Gasteiger partial charge in [0.05, 0.1) is 24.2 Å². The number of aromatic nitrogens is 2. The molecule has 1 N–H and O–H groups in total. The molecule has 0 saturated carbocycles. The highest BCUT2D eigenvalue weighted by Gasteiger charge is 2.33. The van der Waals surface area contributed by atoms with Crippen molar-refractivity contribution in [1.82, 2.24) is 19.4 Å². The molecule has 0 radical (unpaired) electrons. The van der Waals surface area contributed by atoms with Crippen LogP contribution in [0.1, 0.15) is 24.8 Å². The van der Waals surface area contributed by atoms with Crippen LogP contribution in [-0.4, -0.2) is 67.6 Å². The first-order chi connectivity index (χ1) is 13.8. The Kier molecular flexibility index (Phi) is 5.78. The summed E-state index contributed by atoms with van der Waals surface area (Å²) in [6, 6.07) is 9.91. The summed E-state index contributed by atoms with van der Waals surface area (Å²) in [6.07, 6.45) is 4.98. The first-order valence-electron chi connectivity index (χ1n) is 9.85. The maximum absolute atomic E-state index is 13.0. The number of hydrogen-bond acceptors (Lipinski definition) is 6. The highest BCUT2D eigenvalue weighted by molar-refractivity contribution is 7.91. The summed E-state index contributed by atoms with van der Waals surface area (Å²) in [5.41, 5.74) is 1.06. The van der Waals surface area contributed by atoms with E-state index < -0.39 is 19.9 Å². The first-order valence-corrected chi connectivity index (χ1v) is 13.1. The van der Waals surface area contributed by atoms with Gasteiger partial charge in [-0.25, -0.2) is 16.8 Å². The Bertz CT molecular complexity index is 1040. The van der Waals surface area contributed by atoms with Gasteiger partial charge in [-0.1, -0.05) is 30.3 Å². The van der Waals surface area contributed by atoms with Crippen LogP contribution < -0.4 is 5.32 Å². The summed E-state index contributed by atoms with van der Waals surface area (Å²) in [6.45, 7) is 1.36. The lowest BCUT2D eigenvalue weighted by Gasteiger charge is -2.32. The van der Waals surface area contributed by atoms with Gasteiger partial charge in [-0.3, -0.25) is 4.68 Å². The van der Waals surface area contributed by atoms with E-state index in [4.69, 9.17) is 0 Å². The molecular weight excluding hydrogens is 412 g/mol. The number of rotatable bonds is 6. The van der Waals surface area contributed by atoms with Gasteiger partial charge in [-0.05, 0) is 24.8 Å². The maximum atomic E-state index is 13.0. The molecular formula is C19H26N4O4S2. The highest BCUT2D eigenvalue weighted by atomic mass is 32.2. The van der Waals surface area contributed by atoms with Crippen molar-refractivity contribution < 1.29 is 16.8 Å². The summed E-state index contributed by atoms with van der Waals surface area (Å²) >= 11 is 0. The molecule has 0 aliphatic carbocycles. The van der Waals surface area contributed by atoms with Crippen molar-refractivity contribution in [3.05, 3.63) is 48.3 Å². The van der Waals surface area contributed by atoms with Gasteiger partial charge in [-0.2, -0.15) is 9.40 Å². The molecule has 1 unspecified atom stereocenters. The monoisotopic (exact) mass is 438 g/mol. The Morgan fingerprint density at radius 1 is 1.07 bits per heavy atom. The third-order valence-corrected chi connectivity index (χ3v) is 9.21. The molecule has 1 aromatic carbocycles. The highest BCUT2D eigenvalue weighted by Crippen LogP contribution is 2.22. The molecule has 158 valence electrons. The standard InChI is InChI=1S/C19H26N4O4S2/c24-28(25)11-8-18(15-28)21-17-6-9-23(10-7-17)29(26,27)19-12-20-22(14-19)13-16-4-2-1-3-5-16/h1-5,12,14,17-18,21H,6-11,13,15H2. The van der Waals surface area contributed by atoms with E-state index in [2.05, 4.69) is 10.4 Å². The Hall–Kier alpha value is -1.75. The number of hydrogen-bond donors (Lipinski definition) is 1. The van der Waals surface area contributed by atoms with E-state index in [-0.39, 0.29) is 28.5 Å². The summed E-state index contributed by atoms with van der Waals surface area (Å²) in [5.74, 6) is 0.428. The van der Waals surface area contributed by atoms with Crippen LogP contribution in [-0.2, 0) is 26.4 Å². The zero-order valence-electron chi connectivity index (χ0n) is 16.1. The smallest absolute Gasteiger partial charge is 0.246 e. The number of piperidine rings is 1. The molecule has 8 nitrogen and oxygen atoms in total. The molecule has 2 saturated heterocycles. The number of nitrogens with one attached hydrogen (secondary N) is 1. The third-order valence-electron chi connectivity index (χ3n) is 5.59. The lowest BCUT2D eigenvalue weighted by Crippen LogP contribution is -2.48. The van der Waals surface area contributed by atoms with Crippen molar-refractivity contribution in [1.29, 1.82) is 0 Å². The molecule has 2 fully saturated rings. The second-order valence-electron chi connectivity index (χ2n) is 7.80. The Labute approximate surface area is 171 Å². The SMILES string of the molecule is O=S1(=O)CCC(NC2CCN(S(=O)(=O)c3cnn(Cc4ccccc4)c3)CC2)C1. The zero-order chi connectivity index (χ0) is 20.5. The van der Waals surface area contributed by atoms with E-state index in [0.29, 0.717) is 38.9 Å². The Morgan fingerprint density at radius 3 is 2.45 bits per heavy atom. The van der Waals surface area contributed by atoms with Crippen LogP contribution in [0.25, 0.3) is 0 Å². The molecule has 0 spiro atoms. The predicted molar refractivity (Wildman–Crippen MR) is 110 cm³/mol. The maximum Gasteiger partial charge on any atom is 0.246 e. The number of benzene rings is 1. The fraction of sp³-hybridized carbons (Fsp3) is 0.526. The van der Waals surface area contributed by atoms with E-state index in [0.717, 1.165) is 5.56 Å². The van der Waals surface area contributed by atoms with E-state index in [1.165, 1.54) is 10.5 Å². The largest absolute Gasteiger partial charge is 0.310 e. The first kappa shape index (κ1) is 20.5. The van der Waals surface area contributed by atoms with Gasteiger partial charge in [0.25, 0.3) is 0 Å². The quantitative estimate of drug-likeness (QED) is 0.718. The zero-order valence-corrected chi connectivity index (χ0v) is 17.8. The van der Waals surface area contributed by atoms with Crippen LogP contribution in [0.5, 0.6) is 0 Å². The molecule has 29 heavy (non-hydrogen) atoms. The summed E-state index contributed by atoms with van der Waals surface area (Å²) in [7, 11) is -6.49. The van der Waals surface area contributed by atoms with Crippen molar-refractivity contribution in [3.63, 3.8) is 0 Å². The van der Waals surface area contributed by atoms with Crippen LogP contribution >= 0.6 is 0 Å². The molecule has 0 amide bonds. The summed E-state index contributed by atoms with van der Waals surface area (Å²) < 4.78 is 52.3. The molecule has 2 aliphatic rings. The normalized spacial score (nSPS) is 23.4. The minimum Gasteiger partial charge on any atom is -0.310 e. The van der Waals surface area contributed by atoms with E-state index in [9.17, 15) is 16.8 Å². The molecule has 2 aliphatic heterocycles. The lowest BCUT2D eigenvalue weighted by molar-refractivity contribution is 0.277. The van der Waals surface area contributed by atoms with E-state index >= 15 is 0 Å². The van der Waals surface area contributed by atoms with Gasteiger partial charge in [0, 0.05) is 31.4 Å². The fourth-order valence-electron chi connectivity index (χ4n) is 4.01. The second-order valence-corrected chi connectivity index (χ2v) is 12.0. The topological polar surface area (TPSA) is 101 Å². The summed E-state index contributed by atoms with van der Waals surface area (Å²) in [5, 5.41) is 7.61. The van der Waals surface area contributed by atoms with Crippen molar-refractivity contribution in [2.24, 2.45) is 0 Å². The van der Waals surface area contributed by atoms with Gasteiger partial charge >= 0.3 is 0 Å². The molecule has 0 bridgehead atoms. The molecule has 10 heteroatoms. The van der Waals surface area contributed by atoms with Crippen LogP contribution in [0.4, 0.5) is 0 Å². The van der Waals surface area contributed by atoms with Crippen LogP contribution in [0, 0.1) is 0 Å². The van der Waals surface area contributed by atoms with Crippen LogP contribution in [0.3, 0.4) is 0 Å². The molecule has 4 rings (SSSR count). The third kappa shape index (κ3) is 4.88. The molecule has 1 atom stereocenters. The van der Waals surface area contributed by atoms with Gasteiger partial charge in [0.15, 0.2) is 9.84 Å². The average Bonchev–Trinajstić information content (AvgIpc) is 3.29. The van der Waals surface area contributed by atoms with Gasteiger partial charge in [0.2, 0.25) is 10.0 Å². The fourth-order valence-corrected chi connectivity index (χ4v) is 7.12. The predicted octanol–water partition coefficient (Wildman–Crippen LogP) is 0.861. The Morgan fingerprint density at radius 2 is 1.79 bits per heavy atom. The lowest BCUT2D eigenvalue weighted by atomic mass is 10.1.